The molecule has 0 spiro atoms. The number of aryl methyl sites for hydroxylation is 2. The van der Waals surface area contributed by atoms with Gasteiger partial charge in [-0.2, -0.15) is 5.10 Å². The molecule has 0 aliphatic rings. The summed E-state index contributed by atoms with van der Waals surface area (Å²) >= 11 is 0. The van der Waals surface area contributed by atoms with Crippen LogP contribution in [0.4, 0.5) is 11.5 Å². The molecule has 16 heavy (non-hydrogen) atoms. The number of hydrogen-bond donors (Lipinski definition) is 2. The highest BCUT2D eigenvalue weighted by Crippen LogP contribution is 2.13. The van der Waals surface area contributed by atoms with Gasteiger partial charge in [0.1, 0.15) is 5.82 Å². The fourth-order valence-electron chi connectivity index (χ4n) is 1.55. The number of benzene rings is 1. The van der Waals surface area contributed by atoms with Crippen LogP contribution in [0.2, 0.25) is 0 Å². The van der Waals surface area contributed by atoms with Gasteiger partial charge in [-0.3, -0.25) is 4.68 Å². The Morgan fingerprint density at radius 2 is 2.19 bits per heavy atom. The molecule has 1 heterocycles. The minimum atomic E-state index is 0.762. The van der Waals surface area contributed by atoms with Crippen LogP contribution in [0.25, 0.3) is 0 Å². The topological polar surface area (TPSA) is 55.9 Å². The van der Waals surface area contributed by atoms with E-state index in [2.05, 4.69) is 16.5 Å². The van der Waals surface area contributed by atoms with E-state index in [1.54, 1.807) is 4.68 Å². The minimum Gasteiger partial charge on any atom is -0.399 e. The molecule has 4 nitrogen and oxygen atoms in total. The fourth-order valence-corrected chi connectivity index (χ4v) is 1.55. The van der Waals surface area contributed by atoms with Crippen molar-refractivity contribution in [3.63, 3.8) is 0 Å². The Labute approximate surface area is 95.1 Å². The monoisotopic (exact) mass is 216 g/mol. The number of nitrogen functional groups attached to an aromatic ring is 1. The Hall–Kier alpha value is -1.97. The molecule has 1 aromatic heterocycles. The summed E-state index contributed by atoms with van der Waals surface area (Å²) in [6.45, 7) is 2.78. The third-order valence-electron chi connectivity index (χ3n) is 2.52. The van der Waals surface area contributed by atoms with Crippen LogP contribution in [0.15, 0.2) is 30.5 Å². The summed E-state index contributed by atoms with van der Waals surface area (Å²) < 4.78 is 1.77. The van der Waals surface area contributed by atoms with E-state index in [0.29, 0.717) is 0 Å². The summed E-state index contributed by atoms with van der Waals surface area (Å²) in [5.41, 5.74) is 8.92. The van der Waals surface area contributed by atoms with Gasteiger partial charge in [-0.15, -0.1) is 0 Å². The van der Waals surface area contributed by atoms with Crippen molar-refractivity contribution in [3.8, 4) is 0 Å². The Balaban J connectivity index is 2.02. The van der Waals surface area contributed by atoms with Crippen molar-refractivity contribution in [3.05, 3.63) is 41.6 Å². The van der Waals surface area contributed by atoms with Crippen LogP contribution in [0.5, 0.6) is 0 Å². The van der Waals surface area contributed by atoms with Crippen molar-refractivity contribution in [2.75, 3.05) is 11.1 Å². The quantitative estimate of drug-likeness (QED) is 0.771. The lowest BCUT2D eigenvalue weighted by molar-refractivity contribution is 0.768. The first kappa shape index (κ1) is 10.5. The third kappa shape index (κ3) is 2.34. The molecule has 0 saturated heterocycles. The van der Waals surface area contributed by atoms with E-state index < -0.39 is 0 Å². The van der Waals surface area contributed by atoms with Gasteiger partial charge in [0.2, 0.25) is 0 Å². The summed E-state index contributed by atoms with van der Waals surface area (Å²) in [6.07, 6.45) is 1.91. The van der Waals surface area contributed by atoms with Gasteiger partial charge in [0.05, 0.1) is 0 Å². The maximum Gasteiger partial charge on any atom is 0.148 e. The Morgan fingerprint density at radius 3 is 2.81 bits per heavy atom. The van der Waals surface area contributed by atoms with Crippen molar-refractivity contribution < 1.29 is 0 Å². The second-order valence-corrected chi connectivity index (χ2v) is 3.92. The van der Waals surface area contributed by atoms with Crippen molar-refractivity contribution in [1.82, 2.24) is 9.78 Å². The highest BCUT2D eigenvalue weighted by Gasteiger charge is 1.98. The first-order valence-corrected chi connectivity index (χ1v) is 5.23. The fraction of sp³-hybridized carbons (Fsp3) is 0.250. The summed E-state index contributed by atoms with van der Waals surface area (Å²) in [4.78, 5) is 0. The zero-order chi connectivity index (χ0) is 11.5. The number of anilines is 2. The molecule has 0 fully saturated rings. The molecule has 0 aliphatic carbocycles. The van der Waals surface area contributed by atoms with Crippen LogP contribution >= 0.6 is 0 Å². The van der Waals surface area contributed by atoms with Gasteiger partial charge in [0, 0.05) is 31.5 Å². The van der Waals surface area contributed by atoms with Gasteiger partial charge in [0.25, 0.3) is 0 Å². The molecule has 2 aromatic rings. The van der Waals surface area contributed by atoms with Crippen LogP contribution in [0, 0.1) is 6.92 Å². The largest absolute Gasteiger partial charge is 0.399 e. The summed E-state index contributed by atoms with van der Waals surface area (Å²) in [5.74, 6) is 0.886. The highest BCUT2D eigenvalue weighted by atomic mass is 15.3. The van der Waals surface area contributed by atoms with E-state index >= 15 is 0 Å². The first-order chi connectivity index (χ1) is 7.65. The van der Waals surface area contributed by atoms with Gasteiger partial charge in [-0.25, -0.2) is 0 Å². The number of aromatic nitrogens is 2. The zero-order valence-electron chi connectivity index (χ0n) is 9.57. The van der Waals surface area contributed by atoms with Crippen molar-refractivity contribution in [2.45, 2.75) is 13.5 Å². The van der Waals surface area contributed by atoms with Crippen molar-refractivity contribution in [2.24, 2.45) is 7.05 Å². The van der Waals surface area contributed by atoms with Crippen LogP contribution in [0.3, 0.4) is 0 Å². The Bertz CT molecular complexity index is 488. The number of nitrogens with zero attached hydrogens (tertiary/aromatic N) is 2. The van der Waals surface area contributed by atoms with E-state index in [-0.39, 0.29) is 0 Å². The standard InChI is InChI=1S/C12H16N4/c1-9-7-10(3-4-11(9)13)8-14-12-5-6-16(2)15-12/h3-7H,8,13H2,1-2H3,(H,14,15). The average molecular weight is 216 g/mol. The smallest absolute Gasteiger partial charge is 0.148 e. The van der Waals surface area contributed by atoms with E-state index in [4.69, 9.17) is 5.73 Å². The lowest BCUT2D eigenvalue weighted by Gasteiger charge is -2.06. The summed E-state index contributed by atoms with van der Waals surface area (Å²) in [6, 6.07) is 8.00. The molecule has 0 aliphatic heterocycles. The summed E-state index contributed by atoms with van der Waals surface area (Å²) in [7, 11) is 1.90. The molecule has 1 aromatic carbocycles. The molecule has 0 atom stereocenters. The van der Waals surface area contributed by atoms with Gasteiger partial charge >= 0.3 is 0 Å². The van der Waals surface area contributed by atoms with Crippen molar-refractivity contribution in [1.29, 1.82) is 0 Å². The molecular formula is C12H16N4. The van der Waals surface area contributed by atoms with E-state index in [0.717, 1.165) is 23.6 Å². The van der Waals surface area contributed by atoms with Gasteiger partial charge in [-0.05, 0) is 24.1 Å². The highest BCUT2D eigenvalue weighted by molar-refractivity contribution is 5.48. The van der Waals surface area contributed by atoms with E-state index in [9.17, 15) is 0 Å². The maximum atomic E-state index is 5.76. The molecular weight excluding hydrogens is 200 g/mol. The summed E-state index contributed by atoms with van der Waals surface area (Å²) in [5, 5.41) is 7.50. The van der Waals surface area contributed by atoms with Crippen LogP contribution in [-0.2, 0) is 13.6 Å². The zero-order valence-corrected chi connectivity index (χ0v) is 9.57. The SMILES string of the molecule is Cc1cc(CNc2ccn(C)n2)ccc1N. The lowest BCUT2D eigenvalue weighted by atomic mass is 10.1. The first-order valence-electron chi connectivity index (χ1n) is 5.23. The Morgan fingerprint density at radius 1 is 1.38 bits per heavy atom. The van der Waals surface area contributed by atoms with Crippen LogP contribution in [0.1, 0.15) is 11.1 Å². The van der Waals surface area contributed by atoms with E-state index in [1.165, 1.54) is 5.56 Å². The third-order valence-corrected chi connectivity index (χ3v) is 2.52. The molecule has 0 radical (unpaired) electrons. The van der Waals surface area contributed by atoms with Gasteiger partial charge < -0.3 is 11.1 Å². The maximum absolute atomic E-state index is 5.76. The van der Waals surface area contributed by atoms with Crippen LogP contribution in [-0.4, -0.2) is 9.78 Å². The molecule has 0 unspecified atom stereocenters. The number of nitrogens with one attached hydrogen (secondary N) is 1. The Kier molecular flexibility index (Phi) is 2.81. The molecule has 4 heteroatoms. The molecule has 0 bridgehead atoms. The predicted molar refractivity (Wildman–Crippen MR) is 66.1 cm³/mol. The second-order valence-electron chi connectivity index (χ2n) is 3.92. The molecule has 0 saturated carbocycles. The van der Waals surface area contributed by atoms with Gasteiger partial charge in [-0.1, -0.05) is 12.1 Å². The van der Waals surface area contributed by atoms with Gasteiger partial charge in [0.15, 0.2) is 0 Å². The van der Waals surface area contributed by atoms with Crippen molar-refractivity contribution >= 4 is 11.5 Å². The average Bonchev–Trinajstić information content (AvgIpc) is 2.66. The minimum absolute atomic E-state index is 0.762. The van der Waals surface area contributed by atoms with E-state index in [1.807, 2.05) is 38.4 Å². The number of rotatable bonds is 3. The molecule has 2 rings (SSSR count). The predicted octanol–water partition coefficient (Wildman–Crippen LogP) is 1.92. The number of hydrogen-bond acceptors (Lipinski definition) is 3. The molecule has 3 N–H and O–H groups in total. The lowest BCUT2D eigenvalue weighted by Crippen LogP contribution is -2.01. The second kappa shape index (κ2) is 4.26. The van der Waals surface area contributed by atoms with Crippen LogP contribution < -0.4 is 11.1 Å². The molecule has 84 valence electrons. The number of nitrogens with two attached hydrogens (primary N) is 1. The normalized spacial score (nSPS) is 10.4. The molecule has 0 amide bonds.